The van der Waals surface area contributed by atoms with Gasteiger partial charge in [0.05, 0.1) is 11.1 Å². The first-order valence-corrected chi connectivity index (χ1v) is 15.1. The molecule has 8 heteroatoms. The number of hydrogen-bond donors (Lipinski definition) is 0. The van der Waals surface area contributed by atoms with Gasteiger partial charge in [-0.05, 0) is 63.9 Å². The van der Waals surface area contributed by atoms with E-state index in [0.29, 0.717) is 23.7 Å². The molecule has 0 unspecified atom stereocenters. The first-order chi connectivity index (χ1) is 16.7. The largest absolute Gasteiger partial charge is 0.336 e. The summed E-state index contributed by atoms with van der Waals surface area (Å²) in [5.74, 6) is 1.64. The molecular weight excluding hydrogens is 462 g/mol. The van der Waals surface area contributed by atoms with E-state index in [-0.39, 0.29) is 0 Å². The Hall–Kier alpha value is -1.67. The molecular formula is C26H35N5OS2. The van der Waals surface area contributed by atoms with Crippen molar-refractivity contribution < 1.29 is 4.79 Å². The summed E-state index contributed by atoms with van der Waals surface area (Å²) in [5, 5.41) is 11.2. The number of aromatic nitrogens is 4. The Balaban J connectivity index is 1.27. The second kappa shape index (κ2) is 9.76. The minimum absolute atomic E-state index is 0.292. The van der Waals surface area contributed by atoms with Gasteiger partial charge in [-0.15, -0.1) is 21.5 Å². The smallest absolute Gasteiger partial charge is 0.233 e. The summed E-state index contributed by atoms with van der Waals surface area (Å²) in [6.07, 6.45) is 17.1. The van der Waals surface area contributed by atoms with E-state index in [1.807, 2.05) is 18.3 Å². The van der Waals surface area contributed by atoms with Crippen LogP contribution in [0.15, 0.2) is 5.16 Å². The molecule has 0 radical (unpaired) electrons. The molecule has 0 saturated heterocycles. The van der Waals surface area contributed by atoms with Crippen LogP contribution in [0.4, 0.5) is 0 Å². The lowest BCUT2D eigenvalue weighted by Crippen LogP contribution is -2.49. The predicted octanol–water partition coefficient (Wildman–Crippen LogP) is 6.11. The Morgan fingerprint density at radius 1 is 0.971 bits per heavy atom. The van der Waals surface area contributed by atoms with Gasteiger partial charge in [0, 0.05) is 17.0 Å². The van der Waals surface area contributed by atoms with Gasteiger partial charge >= 0.3 is 0 Å². The van der Waals surface area contributed by atoms with Crippen molar-refractivity contribution in [2.75, 3.05) is 5.75 Å². The second-order valence-corrected chi connectivity index (χ2v) is 12.4. The molecule has 0 bridgehead atoms. The minimum Gasteiger partial charge on any atom is -0.336 e. The van der Waals surface area contributed by atoms with Gasteiger partial charge in [-0.3, -0.25) is 9.20 Å². The number of fused-ring (bicyclic) bond motifs is 5. The van der Waals surface area contributed by atoms with Crippen LogP contribution in [0, 0.1) is 6.92 Å². The lowest BCUT2D eigenvalue weighted by Gasteiger charge is -2.41. The molecule has 6 nitrogen and oxygen atoms in total. The topological polar surface area (TPSA) is 63.4 Å². The van der Waals surface area contributed by atoms with Crippen LogP contribution in [0.1, 0.15) is 93.3 Å². The molecule has 3 aliphatic carbocycles. The number of amides is 1. The number of carbonyl (C=O) groups excluding carboxylic acids is 1. The molecule has 0 N–H and O–H groups in total. The Labute approximate surface area is 209 Å². The minimum atomic E-state index is 0.292. The van der Waals surface area contributed by atoms with E-state index in [0.717, 1.165) is 34.3 Å². The summed E-state index contributed by atoms with van der Waals surface area (Å²) in [6.45, 7) is 2.04. The molecule has 3 aliphatic rings. The number of aryl methyl sites for hydroxylation is 3. The maximum atomic E-state index is 13.7. The summed E-state index contributed by atoms with van der Waals surface area (Å²) in [6, 6.07) is 0.862. The van der Waals surface area contributed by atoms with Gasteiger partial charge in [0.2, 0.25) is 5.91 Å². The van der Waals surface area contributed by atoms with E-state index in [4.69, 9.17) is 4.98 Å². The van der Waals surface area contributed by atoms with Crippen molar-refractivity contribution in [3.8, 4) is 0 Å². The van der Waals surface area contributed by atoms with Gasteiger partial charge in [0.15, 0.2) is 10.8 Å². The van der Waals surface area contributed by atoms with E-state index < -0.39 is 0 Å². The monoisotopic (exact) mass is 497 g/mol. The molecule has 2 fully saturated rings. The molecule has 1 amide bonds. The van der Waals surface area contributed by atoms with Crippen molar-refractivity contribution in [1.29, 1.82) is 0 Å². The highest BCUT2D eigenvalue weighted by molar-refractivity contribution is 7.99. The summed E-state index contributed by atoms with van der Waals surface area (Å²) in [7, 11) is 0. The Morgan fingerprint density at radius 2 is 1.65 bits per heavy atom. The maximum Gasteiger partial charge on any atom is 0.233 e. The predicted molar refractivity (Wildman–Crippen MR) is 139 cm³/mol. The lowest BCUT2D eigenvalue weighted by molar-refractivity contribution is -0.135. The van der Waals surface area contributed by atoms with Crippen molar-refractivity contribution >= 4 is 44.9 Å². The van der Waals surface area contributed by atoms with Gasteiger partial charge in [0.25, 0.3) is 0 Å². The molecule has 0 aromatic carbocycles. The van der Waals surface area contributed by atoms with Crippen molar-refractivity contribution in [1.82, 2.24) is 24.5 Å². The van der Waals surface area contributed by atoms with Gasteiger partial charge in [0.1, 0.15) is 10.7 Å². The quantitative estimate of drug-likeness (QED) is 0.398. The number of thiophene rings is 1. The van der Waals surface area contributed by atoms with Crippen molar-refractivity contribution in [2.45, 2.75) is 114 Å². The standard InChI is InChI=1S/C26H35N5OS2/c1-17-27-25-23(20-14-8-9-15-21(20)34-25)24-28-29-26(30(17)24)33-16-22(32)31(18-10-4-2-5-11-18)19-12-6-3-7-13-19/h18-19H,2-16H2,1H3. The Morgan fingerprint density at radius 3 is 2.35 bits per heavy atom. The highest BCUT2D eigenvalue weighted by Crippen LogP contribution is 2.38. The lowest BCUT2D eigenvalue weighted by atomic mass is 9.88. The van der Waals surface area contributed by atoms with Crippen LogP contribution in [-0.2, 0) is 17.6 Å². The fraction of sp³-hybridized carbons (Fsp3) is 0.692. The van der Waals surface area contributed by atoms with Gasteiger partial charge in [-0.1, -0.05) is 50.3 Å². The second-order valence-electron chi connectivity index (χ2n) is 10.4. The Kier molecular flexibility index (Phi) is 6.54. The third-order valence-electron chi connectivity index (χ3n) is 8.15. The SMILES string of the molecule is Cc1nc2sc3c(c2c2nnc(SCC(=O)N(C4CCCCC4)C4CCCCC4)n12)CCCC3. The molecule has 3 aromatic rings. The van der Waals surface area contributed by atoms with Crippen molar-refractivity contribution in [3.05, 3.63) is 16.3 Å². The van der Waals surface area contributed by atoms with Crippen LogP contribution in [-0.4, -0.2) is 48.2 Å². The van der Waals surface area contributed by atoms with E-state index in [2.05, 4.69) is 19.5 Å². The van der Waals surface area contributed by atoms with Crippen LogP contribution >= 0.6 is 23.1 Å². The fourth-order valence-electron chi connectivity index (χ4n) is 6.50. The Bertz CT molecular complexity index is 1170. The van der Waals surface area contributed by atoms with Crippen molar-refractivity contribution in [3.63, 3.8) is 0 Å². The van der Waals surface area contributed by atoms with Crippen LogP contribution in [0.2, 0.25) is 0 Å². The van der Waals surface area contributed by atoms with Crippen LogP contribution in [0.5, 0.6) is 0 Å². The number of rotatable bonds is 5. The van der Waals surface area contributed by atoms with E-state index >= 15 is 0 Å². The molecule has 2 saturated carbocycles. The highest BCUT2D eigenvalue weighted by atomic mass is 32.2. The molecule has 0 atom stereocenters. The molecule has 3 heterocycles. The van der Waals surface area contributed by atoms with Gasteiger partial charge in [-0.25, -0.2) is 4.98 Å². The number of thioether (sulfide) groups is 1. The molecule has 182 valence electrons. The van der Waals surface area contributed by atoms with Gasteiger partial charge in [-0.2, -0.15) is 0 Å². The summed E-state index contributed by atoms with van der Waals surface area (Å²) >= 11 is 3.38. The summed E-state index contributed by atoms with van der Waals surface area (Å²) in [4.78, 5) is 23.5. The zero-order chi connectivity index (χ0) is 23.1. The van der Waals surface area contributed by atoms with Crippen molar-refractivity contribution in [2.24, 2.45) is 0 Å². The van der Waals surface area contributed by atoms with E-state index in [1.165, 1.54) is 92.9 Å². The maximum absolute atomic E-state index is 13.7. The number of hydrogen-bond acceptors (Lipinski definition) is 6. The average molecular weight is 498 g/mol. The zero-order valence-corrected chi connectivity index (χ0v) is 21.9. The van der Waals surface area contributed by atoms with Crippen LogP contribution in [0.3, 0.4) is 0 Å². The van der Waals surface area contributed by atoms with Crippen LogP contribution < -0.4 is 0 Å². The molecule has 34 heavy (non-hydrogen) atoms. The third kappa shape index (κ3) is 4.15. The highest BCUT2D eigenvalue weighted by Gasteiger charge is 2.32. The molecule has 0 spiro atoms. The third-order valence-corrected chi connectivity index (χ3v) is 10.2. The summed E-state index contributed by atoms with van der Waals surface area (Å²) in [5.41, 5.74) is 2.36. The number of nitrogens with zero attached hydrogens (tertiary/aromatic N) is 5. The molecule has 6 rings (SSSR count). The van der Waals surface area contributed by atoms with Crippen LogP contribution in [0.25, 0.3) is 15.9 Å². The van der Waals surface area contributed by atoms with E-state index in [9.17, 15) is 4.79 Å². The summed E-state index contributed by atoms with van der Waals surface area (Å²) < 4.78 is 2.09. The molecule has 3 aromatic heterocycles. The van der Waals surface area contributed by atoms with E-state index in [1.54, 1.807) is 11.8 Å². The first kappa shape index (κ1) is 22.8. The van der Waals surface area contributed by atoms with Gasteiger partial charge < -0.3 is 4.90 Å². The normalized spacial score (nSPS) is 20.1. The average Bonchev–Trinajstić information content (AvgIpc) is 3.45. The molecule has 0 aliphatic heterocycles. The number of carbonyl (C=O) groups is 1. The fourth-order valence-corrected chi connectivity index (χ4v) is 8.65. The first-order valence-electron chi connectivity index (χ1n) is 13.3. The zero-order valence-electron chi connectivity index (χ0n) is 20.2.